The van der Waals surface area contributed by atoms with Crippen molar-refractivity contribution in [1.29, 1.82) is 0 Å². The van der Waals surface area contributed by atoms with Gasteiger partial charge in [0.25, 0.3) is 0 Å². The van der Waals surface area contributed by atoms with Crippen LogP contribution in [0, 0.1) is 5.82 Å². The van der Waals surface area contributed by atoms with Gasteiger partial charge in [-0.3, -0.25) is 0 Å². The van der Waals surface area contributed by atoms with E-state index in [2.05, 4.69) is 21.2 Å². The molecule has 0 aliphatic heterocycles. The first-order chi connectivity index (χ1) is 6.24. The van der Waals surface area contributed by atoms with Crippen molar-refractivity contribution in [2.24, 2.45) is 0 Å². The first-order valence-electron chi connectivity index (χ1n) is 3.94. The van der Waals surface area contributed by atoms with Gasteiger partial charge in [-0.1, -0.05) is 6.07 Å². The summed E-state index contributed by atoms with van der Waals surface area (Å²) in [6, 6.07) is 4.96. The number of hydrogen-bond acceptors (Lipinski definition) is 1. The maximum atomic E-state index is 12.8. The Morgan fingerprint density at radius 1 is 1.46 bits per heavy atom. The van der Waals surface area contributed by atoms with Crippen molar-refractivity contribution in [2.75, 3.05) is 12.4 Å². The molecule has 0 saturated carbocycles. The van der Waals surface area contributed by atoms with Crippen molar-refractivity contribution in [2.45, 2.75) is 6.54 Å². The topological polar surface area (TPSA) is 12.0 Å². The molecule has 0 aromatic heterocycles. The summed E-state index contributed by atoms with van der Waals surface area (Å²) < 4.78 is 13.3. The van der Waals surface area contributed by atoms with Crippen LogP contribution in [0.1, 0.15) is 5.56 Å². The number of alkyl halides is 1. The third-order valence-electron chi connectivity index (χ3n) is 1.58. The first kappa shape index (κ1) is 11.0. The molecule has 0 heterocycles. The van der Waals surface area contributed by atoms with E-state index < -0.39 is 0 Å². The molecule has 0 aliphatic carbocycles. The second-order valence-electron chi connectivity index (χ2n) is 2.61. The molecule has 1 rings (SSSR count). The molecule has 72 valence electrons. The van der Waals surface area contributed by atoms with Gasteiger partial charge in [-0.05, 0) is 33.6 Å². The lowest BCUT2D eigenvalue weighted by atomic mass is 10.2. The Kier molecular flexibility index (Phi) is 4.70. The van der Waals surface area contributed by atoms with Crippen molar-refractivity contribution in [1.82, 2.24) is 5.32 Å². The van der Waals surface area contributed by atoms with Gasteiger partial charge in [-0.15, -0.1) is 11.6 Å². The van der Waals surface area contributed by atoms with Crippen LogP contribution in [0.5, 0.6) is 0 Å². The maximum absolute atomic E-state index is 12.8. The standard InChI is InChI=1S/C9H10BrClFN/c10-8-5-7(1-2-9(8)12)6-13-4-3-11/h1-2,5,13H,3-4,6H2. The van der Waals surface area contributed by atoms with E-state index in [9.17, 15) is 4.39 Å². The van der Waals surface area contributed by atoms with E-state index in [-0.39, 0.29) is 5.82 Å². The highest BCUT2D eigenvalue weighted by Crippen LogP contribution is 2.16. The van der Waals surface area contributed by atoms with Gasteiger partial charge in [-0.2, -0.15) is 0 Å². The lowest BCUT2D eigenvalue weighted by molar-refractivity contribution is 0.619. The molecule has 1 aromatic carbocycles. The highest BCUT2D eigenvalue weighted by molar-refractivity contribution is 9.10. The Bertz CT molecular complexity index is 280. The molecular formula is C9H10BrClFN. The smallest absolute Gasteiger partial charge is 0.137 e. The van der Waals surface area contributed by atoms with Crippen LogP contribution in [-0.4, -0.2) is 12.4 Å². The van der Waals surface area contributed by atoms with Gasteiger partial charge in [-0.25, -0.2) is 4.39 Å². The molecule has 0 radical (unpaired) electrons. The molecule has 1 aromatic rings. The van der Waals surface area contributed by atoms with Gasteiger partial charge in [0.2, 0.25) is 0 Å². The van der Waals surface area contributed by atoms with Crippen molar-refractivity contribution in [3.05, 3.63) is 34.1 Å². The molecule has 1 nitrogen and oxygen atoms in total. The third-order valence-corrected chi connectivity index (χ3v) is 2.38. The normalized spacial score (nSPS) is 10.4. The van der Waals surface area contributed by atoms with E-state index in [1.807, 2.05) is 0 Å². The first-order valence-corrected chi connectivity index (χ1v) is 5.27. The van der Waals surface area contributed by atoms with Crippen LogP contribution in [-0.2, 0) is 6.54 Å². The van der Waals surface area contributed by atoms with Gasteiger partial charge < -0.3 is 5.32 Å². The lowest BCUT2D eigenvalue weighted by Crippen LogP contribution is -2.15. The van der Waals surface area contributed by atoms with E-state index >= 15 is 0 Å². The Labute approximate surface area is 90.4 Å². The van der Waals surface area contributed by atoms with Gasteiger partial charge >= 0.3 is 0 Å². The van der Waals surface area contributed by atoms with Crippen LogP contribution in [0.4, 0.5) is 4.39 Å². The van der Waals surface area contributed by atoms with Gasteiger partial charge in [0, 0.05) is 19.0 Å². The summed E-state index contributed by atoms with van der Waals surface area (Å²) >= 11 is 8.62. The lowest BCUT2D eigenvalue weighted by Gasteiger charge is -2.03. The molecule has 13 heavy (non-hydrogen) atoms. The molecule has 0 aliphatic rings. The molecule has 0 atom stereocenters. The summed E-state index contributed by atoms with van der Waals surface area (Å²) in [5.41, 5.74) is 1.04. The van der Waals surface area contributed by atoms with Gasteiger partial charge in [0.15, 0.2) is 0 Å². The van der Waals surface area contributed by atoms with Crippen LogP contribution < -0.4 is 5.32 Å². The second-order valence-corrected chi connectivity index (χ2v) is 3.85. The van der Waals surface area contributed by atoms with Crippen LogP contribution in [0.25, 0.3) is 0 Å². The predicted octanol–water partition coefficient (Wildman–Crippen LogP) is 2.92. The molecule has 1 N–H and O–H groups in total. The molecule has 4 heteroatoms. The average molecular weight is 267 g/mol. The summed E-state index contributed by atoms with van der Waals surface area (Å²) in [6.07, 6.45) is 0. The fourth-order valence-corrected chi connectivity index (χ4v) is 1.51. The number of benzene rings is 1. The molecule has 0 bridgehead atoms. The van der Waals surface area contributed by atoms with Crippen molar-refractivity contribution in [3.8, 4) is 0 Å². The summed E-state index contributed by atoms with van der Waals surface area (Å²) in [6.45, 7) is 1.47. The maximum Gasteiger partial charge on any atom is 0.137 e. The highest BCUT2D eigenvalue weighted by atomic mass is 79.9. The quantitative estimate of drug-likeness (QED) is 0.653. The number of nitrogens with one attached hydrogen (secondary N) is 1. The number of hydrogen-bond donors (Lipinski definition) is 1. The van der Waals surface area contributed by atoms with E-state index in [0.717, 1.165) is 12.1 Å². The molecule has 0 spiro atoms. The SMILES string of the molecule is Fc1ccc(CNCCCl)cc1Br. The molecule has 0 fully saturated rings. The second kappa shape index (κ2) is 5.58. The fraction of sp³-hybridized carbons (Fsp3) is 0.333. The van der Waals surface area contributed by atoms with E-state index in [1.165, 1.54) is 6.07 Å². The van der Waals surface area contributed by atoms with Crippen LogP contribution in [0.15, 0.2) is 22.7 Å². The van der Waals surface area contributed by atoms with Crippen LogP contribution >= 0.6 is 27.5 Å². The summed E-state index contributed by atoms with van der Waals surface area (Å²) in [7, 11) is 0. The summed E-state index contributed by atoms with van der Waals surface area (Å²) in [5.74, 6) is 0.351. The van der Waals surface area contributed by atoms with Crippen molar-refractivity contribution in [3.63, 3.8) is 0 Å². The Morgan fingerprint density at radius 3 is 2.85 bits per heavy atom. The third kappa shape index (κ3) is 3.63. The Balaban J connectivity index is 2.53. The molecule has 0 amide bonds. The highest BCUT2D eigenvalue weighted by Gasteiger charge is 1.99. The number of rotatable bonds is 4. The van der Waals surface area contributed by atoms with E-state index in [0.29, 0.717) is 16.9 Å². The van der Waals surface area contributed by atoms with Crippen LogP contribution in [0.3, 0.4) is 0 Å². The Hall–Kier alpha value is -0.120. The summed E-state index contributed by atoms with van der Waals surface area (Å²) in [4.78, 5) is 0. The number of halogens is 3. The van der Waals surface area contributed by atoms with Crippen molar-refractivity contribution < 1.29 is 4.39 Å². The Morgan fingerprint density at radius 2 is 2.23 bits per heavy atom. The minimum absolute atomic E-state index is 0.235. The predicted molar refractivity (Wildman–Crippen MR) is 56.5 cm³/mol. The van der Waals surface area contributed by atoms with Gasteiger partial charge in [0.1, 0.15) is 5.82 Å². The van der Waals surface area contributed by atoms with E-state index in [4.69, 9.17) is 11.6 Å². The fourth-order valence-electron chi connectivity index (χ4n) is 0.949. The monoisotopic (exact) mass is 265 g/mol. The minimum atomic E-state index is -0.235. The minimum Gasteiger partial charge on any atom is -0.311 e. The summed E-state index contributed by atoms with van der Waals surface area (Å²) in [5, 5.41) is 3.12. The van der Waals surface area contributed by atoms with Gasteiger partial charge in [0.05, 0.1) is 4.47 Å². The zero-order valence-electron chi connectivity index (χ0n) is 6.99. The van der Waals surface area contributed by atoms with Crippen molar-refractivity contribution >= 4 is 27.5 Å². The molecular weight excluding hydrogens is 256 g/mol. The average Bonchev–Trinajstić information content (AvgIpc) is 2.12. The zero-order chi connectivity index (χ0) is 9.68. The largest absolute Gasteiger partial charge is 0.311 e. The van der Waals surface area contributed by atoms with E-state index in [1.54, 1.807) is 12.1 Å². The zero-order valence-corrected chi connectivity index (χ0v) is 9.33. The molecule has 0 unspecified atom stereocenters. The molecule has 0 saturated heterocycles. The van der Waals surface area contributed by atoms with Crippen LogP contribution in [0.2, 0.25) is 0 Å².